The average Bonchev–Trinajstić information content (AvgIpc) is 2.73. The molecule has 0 bridgehead atoms. The van der Waals surface area contributed by atoms with E-state index in [1.807, 2.05) is 37.6 Å². The summed E-state index contributed by atoms with van der Waals surface area (Å²) in [7, 11) is 0. The Bertz CT molecular complexity index is 435. The van der Waals surface area contributed by atoms with Crippen LogP contribution < -0.4 is 5.32 Å². The molecule has 0 aliphatic carbocycles. The van der Waals surface area contributed by atoms with Crippen LogP contribution in [0, 0.1) is 6.92 Å². The first-order valence-electron chi connectivity index (χ1n) is 5.39. The van der Waals surface area contributed by atoms with Crippen molar-refractivity contribution in [2.45, 2.75) is 26.4 Å². The van der Waals surface area contributed by atoms with Crippen LogP contribution in [0.3, 0.4) is 0 Å². The molecule has 0 unspecified atom stereocenters. The van der Waals surface area contributed by atoms with Crippen LogP contribution in [0.15, 0.2) is 30.7 Å². The molecule has 0 saturated heterocycles. The highest BCUT2D eigenvalue weighted by Crippen LogP contribution is 2.10. The molecule has 2 N–H and O–H groups in total. The highest BCUT2D eigenvalue weighted by molar-refractivity contribution is 5.14. The monoisotopic (exact) mass is 216 g/mol. The van der Waals surface area contributed by atoms with Gasteiger partial charge in [-0.15, -0.1) is 0 Å². The van der Waals surface area contributed by atoms with Crippen LogP contribution >= 0.6 is 0 Å². The van der Waals surface area contributed by atoms with Gasteiger partial charge >= 0.3 is 0 Å². The second-order valence-electron chi connectivity index (χ2n) is 3.88. The van der Waals surface area contributed by atoms with E-state index in [0.29, 0.717) is 6.04 Å². The molecular formula is C12H16N4. The van der Waals surface area contributed by atoms with Crippen molar-refractivity contribution in [3.05, 3.63) is 47.8 Å². The lowest BCUT2D eigenvalue weighted by Gasteiger charge is -2.12. The molecule has 2 heterocycles. The van der Waals surface area contributed by atoms with Gasteiger partial charge in [0.1, 0.15) is 5.82 Å². The number of rotatable bonds is 4. The van der Waals surface area contributed by atoms with Crippen LogP contribution in [0.4, 0.5) is 0 Å². The molecular weight excluding hydrogens is 200 g/mol. The maximum atomic E-state index is 4.16. The van der Waals surface area contributed by atoms with Crippen molar-refractivity contribution >= 4 is 0 Å². The van der Waals surface area contributed by atoms with Crippen molar-refractivity contribution in [2.75, 3.05) is 0 Å². The third kappa shape index (κ3) is 2.67. The van der Waals surface area contributed by atoms with Crippen LogP contribution in [0.25, 0.3) is 0 Å². The third-order valence-electron chi connectivity index (χ3n) is 2.56. The van der Waals surface area contributed by atoms with Crippen molar-refractivity contribution < 1.29 is 0 Å². The summed E-state index contributed by atoms with van der Waals surface area (Å²) in [6.07, 6.45) is 5.49. The molecule has 0 aromatic carbocycles. The van der Waals surface area contributed by atoms with Crippen LogP contribution in [0.2, 0.25) is 0 Å². The number of aromatic nitrogens is 3. The third-order valence-corrected chi connectivity index (χ3v) is 2.56. The van der Waals surface area contributed by atoms with E-state index < -0.39 is 0 Å². The largest absolute Gasteiger partial charge is 0.345 e. The van der Waals surface area contributed by atoms with E-state index in [1.54, 1.807) is 0 Å². The molecule has 0 fully saturated rings. The van der Waals surface area contributed by atoms with Gasteiger partial charge in [-0.3, -0.25) is 4.98 Å². The molecule has 4 heteroatoms. The molecule has 0 radical (unpaired) electrons. The quantitative estimate of drug-likeness (QED) is 0.821. The lowest BCUT2D eigenvalue weighted by atomic mass is 10.1. The van der Waals surface area contributed by atoms with Crippen LogP contribution in [-0.4, -0.2) is 15.0 Å². The first kappa shape index (κ1) is 10.8. The number of imidazole rings is 1. The predicted octanol–water partition coefficient (Wildman–Crippen LogP) is 1.96. The van der Waals surface area contributed by atoms with E-state index >= 15 is 0 Å². The van der Waals surface area contributed by atoms with E-state index in [1.165, 1.54) is 5.56 Å². The summed E-state index contributed by atoms with van der Waals surface area (Å²) in [4.78, 5) is 11.4. The second kappa shape index (κ2) is 4.90. The zero-order valence-electron chi connectivity index (χ0n) is 9.57. The SMILES string of the molecule is Cc1ncc(CN[C@H](C)c2ccncc2)[nH]1. The molecule has 0 aliphatic heterocycles. The Kier molecular flexibility index (Phi) is 3.31. The van der Waals surface area contributed by atoms with Gasteiger partial charge in [-0.1, -0.05) is 0 Å². The molecule has 84 valence electrons. The number of nitrogens with zero attached hydrogens (tertiary/aromatic N) is 2. The van der Waals surface area contributed by atoms with E-state index in [-0.39, 0.29) is 0 Å². The van der Waals surface area contributed by atoms with Crippen molar-refractivity contribution in [3.8, 4) is 0 Å². The summed E-state index contributed by atoms with van der Waals surface area (Å²) in [6, 6.07) is 4.36. The summed E-state index contributed by atoms with van der Waals surface area (Å²) >= 11 is 0. The number of nitrogens with one attached hydrogen (secondary N) is 2. The molecule has 0 amide bonds. The molecule has 0 saturated carbocycles. The van der Waals surface area contributed by atoms with Crippen LogP contribution in [0.5, 0.6) is 0 Å². The van der Waals surface area contributed by atoms with Gasteiger partial charge in [0, 0.05) is 36.9 Å². The fourth-order valence-electron chi connectivity index (χ4n) is 1.59. The van der Waals surface area contributed by atoms with Crippen molar-refractivity contribution in [1.82, 2.24) is 20.3 Å². The summed E-state index contributed by atoms with van der Waals surface area (Å²) < 4.78 is 0. The minimum Gasteiger partial charge on any atom is -0.345 e. The number of aryl methyl sites for hydroxylation is 1. The van der Waals surface area contributed by atoms with Crippen molar-refractivity contribution in [1.29, 1.82) is 0 Å². The molecule has 0 spiro atoms. The summed E-state index contributed by atoms with van der Waals surface area (Å²) in [5, 5.41) is 3.43. The van der Waals surface area contributed by atoms with Gasteiger partial charge in [-0.2, -0.15) is 0 Å². The molecule has 2 aromatic rings. The average molecular weight is 216 g/mol. The summed E-state index contributed by atoms with van der Waals surface area (Å²) in [5.74, 6) is 0.952. The van der Waals surface area contributed by atoms with Gasteiger partial charge in [0.05, 0.1) is 0 Å². The van der Waals surface area contributed by atoms with Gasteiger partial charge in [0.25, 0.3) is 0 Å². The molecule has 0 aliphatic rings. The van der Waals surface area contributed by atoms with E-state index in [2.05, 4.69) is 27.2 Å². The van der Waals surface area contributed by atoms with Gasteiger partial charge in [-0.05, 0) is 31.5 Å². The molecule has 4 nitrogen and oxygen atoms in total. The summed E-state index contributed by atoms with van der Waals surface area (Å²) in [5.41, 5.74) is 2.35. The van der Waals surface area contributed by atoms with Crippen molar-refractivity contribution in [3.63, 3.8) is 0 Å². The Labute approximate surface area is 95.1 Å². The van der Waals surface area contributed by atoms with E-state index in [4.69, 9.17) is 0 Å². The summed E-state index contributed by atoms with van der Waals surface area (Å²) in [6.45, 7) is 4.89. The molecule has 16 heavy (non-hydrogen) atoms. The van der Waals surface area contributed by atoms with Crippen LogP contribution in [0.1, 0.15) is 30.0 Å². The Hall–Kier alpha value is -1.68. The van der Waals surface area contributed by atoms with Gasteiger partial charge in [0.2, 0.25) is 0 Å². The maximum absolute atomic E-state index is 4.16. The fraction of sp³-hybridized carbons (Fsp3) is 0.333. The minimum absolute atomic E-state index is 0.312. The molecule has 2 rings (SSSR count). The number of hydrogen-bond donors (Lipinski definition) is 2. The topological polar surface area (TPSA) is 53.6 Å². The number of H-pyrrole nitrogens is 1. The zero-order chi connectivity index (χ0) is 11.4. The highest BCUT2D eigenvalue weighted by atomic mass is 15.0. The van der Waals surface area contributed by atoms with Gasteiger partial charge < -0.3 is 10.3 Å². The maximum Gasteiger partial charge on any atom is 0.103 e. The lowest BCUT2D eigenvalue weighted by molar-refractivity contribution is 0.568. The van der Waals surface area contributed by atoms with Crippen LogP contribution in [-0.2, 0) is 6.54 Å². The number of hydrogen-bond acceptors (Lipinski definition) is 3. The zero-order valence-corrected chi connectivity index (χ0v) is 9.57. The molecule has 1 atom stereocenters. The number of aromatic amines is 1. The predicted molar refractivity (Wildman–Crippen MR) is 62.8 cm³/mol. The molecule has 2 aromatic heterocycles. The first-order valence-corrected chi connectivity index (χ1v) is 5.39. The fourth-order valence-corrected chi connectivity index (χ4v) is 1.59. The Morgan fingerprint density at radius 3 is 2.75 bits per heavy atom. The van der Waals surface area contributed by atoms with Crippen molar-refractivity contribution in [2.24, 2.45) is 0 Å². The number of pyridine rings is 1. The standard InChI is InChI=1S/C12H16N4/c1-9(11-3-5-13-6-4-11)14-7-12-8-15-10(2)16-12/h3-6,8-9,14H,7H2,1-2H3,(H,15,16)/t9-/m1/s1. The van der Waals surface area contributed by atoms with E-state index in [0.717, 1.165) is 18.1 Å². The van der Waals surface area contributed by atoms with Gasteiger partial charge in [-0.25, -0.2) is 4.98 Å². The second-order valence-corrected chi connectivity index (χ2v) is 3.88. The normalized spacial score (nSPS) is 12.6. The van der Waals surface area contributed by atoms with Gasteiger partial charge in [0.15, 0.2) is 0 Å². The first-order chi connectivity index (χ1) is 7.75. The Morgan fingerprint density at radius 2 is 2.12 bits per heavy atom. The highest BCUT2D eigenvalue weighted by Gasteiger charge is 2.04. The Morgan fingerprint density at radius 1 is 1.38 bits per heavy atom. The smallest absolute Gasteiger partial charge is 0.103 e. The Balaban J connectivity index is 1.91. The minimum atomic E-state index is 0.312. The lowest BCUT2D eigenvalue weighted by Crippen LogP contribution is -2.18. The van der Waals surface area contributed by atoms with E-state index in [9.17, 15) is 0 Å².